The second-order valence-electron chi connectivity index (χ2n) is 8.63. The summed E-state index contributed by atoms with van der Waals surface area (Å²) in [6.07, 6.45) is -5.76. The van der Waals surface area contributed by atoms with E-state index in [1.54, 1.807) is 6.07 Å². The largest absolute Gasteiger partial charge is 0.394 e. The van der Waals surface area contributed by atoms with Crippen molar-refractivity contribution < 1.29 is 39.5 Å². The summed E-state index contributed by atoms with van der Waals surface area (Å²) in [7, 11) is 0. The highest BCUT2D eigenvalue weighted by Gasteiger charge is 2.44. The maximum absolute atomic E-state index is 12.7. The van der Waals surface area contributed by atoms with Crippen LogP contribution >= 0.6 is 11.8 Å². The van der Waals surface area contributed by atoms with Crippen LogP contribution < -0.4 is 15.5 Å². The van der Waals surface area contributed by atoms with E-state index in [0.29, 0.717) is 10.6 Å². The van der Waals surface area contributed by atoms with E-state index in [9.17, 15) is 34.8 Å². The number of nitrogens with zero attached hydrogens (tertiary/aromatic N) is 1. The highest BCUT2D eigenvalue weighted by atomic mass is 32.2. The number of hydrogen-bond donors (Lipinski definition) is 6. The smallest absolute Gasteiger partial charge is 0.224 e. The van der Waals surface area contributed by atoms with E-state index in [4.69, 9.17) is 4.74 Å². The van der Waals surface area contributed by atoms with Gasteiger partial charge in [0.2, 0.25) is 17.7 Å². The van der Waals surface area contributed by atoms with Crippen LogP contribution in [-0.2, 0) is 25.7 Å². The van der Waals surface area contributed by atoms with Crippen molar-refractivity contribution in [1.29, 1.82) is 0 Å². The van der Waals surface area contributed by atoms with Gasteiger partial charge in [0, 0.05) is 25.7 Å². The molecule has 2 aromatic rings. The van der Waals surface area contributed by atoms with Gasteiger partial charge in [0.1, 0.15) is 29.9 Å². The standard InChI is InChI=1S/C25H31N3O8S/c1-13(30)26-17-9-18(27-14(2)31)21(37-25-24(35)23(34)22(33)20(12-29)36-25)10-19(17)28(15(3)32)11-16-7-5-4-6-8-16/h4-10,20,22-25,29,33-35H,11-12H2,1-3H3,(H,26,30)(H,27,31)/t20-,22+,23+,24-,25+/m1/s1. The van der Waals surface area contributed by atoms with Crippen molar-refractivity contribution >= 4 is 46.5 Å². The Morgan fingerprint density at radius 3 is 2.11 bits per heavy atom. The van der Waals surface area contributed by atoms with Crippen LogP contribution in [0.5, 0.6) is 0 Å². The van der Waals surface area contributed by atoms with E-state index in [1.165, 1.54) is 31.7 Å². The molecule has 0 unspecified atom stereocenters. The van der Waals surface area contributed by atoms with Crippen LogP contribution in [-0.4, -0.2) is 74.6 Å². The van der Waals surface area contributed by atoms with Gasteiger partial charge in [-0.1, -0.05) is 42.1 Å². The maximum Gasteiger partial charge on any atom is 0.224 e. The summed E-state index contributed by atoms with van der Waals surface area (Å²) in [6, 6.07) is 12.3. The average molecular weight is 534 g/mol. The third-order valence-electron chi connectivity index (χ3n) is 5.67. The van der Waals surface area contributed by atoms with Gasteiger partial charge in [-0.15, -0.1) is 0 Å². The van der Waals surface area contributed by atoms with Crippen molar-refractivity contribution in [2.75, 3.05) is 22.1 Å². The van der Waals surface area contributed by atoms with Gasteiger partial charge in [-0.3, -0.25) is 14.4 Å². The molecule has 37 heavy (non-hydrogen) atoms. The number of hydrogen-bond acceptors (Lipinski definition) is 9. The van der Waals surface area contributed by atoms with E-state index in [1.807, 2.05) is 30.3 Å². The SMILES string of the molecule is CC(=O)Nc1cc(NC(C)=O)c(N(Cc2ccccc2)C(C)=O)cc1S[C@@H]1O[C@H](CO)[C@H](O)[C@H](O)[C@H]1O. The van der Waals surface area contributed by atoms with Crippen LogP contribution in [0.2, 0.25) is 0 Å². The molecule has 1 heterocycles. The number of carbonyl (C=O) groups excluding carboxylic acids is 3. The highest BCUT2D eigenvalue weighted by molar-refractivity contribution is 8.00. The Balaban J connectivity index is 2.10. The van der Waals surface area contributed by atoms with E-state index in [2.05, 4.69) is 10.6 Å². The molecule has 1 aliphatic rings. The number of ether oxygens (including phenoxy) is 1. The second kappa shape index (κ2) is 12.5. The Bertz CT molecular complexity index is 1130. The predicted molar refractivity (Wildman–Crippen MR) is 138 cm³/mol. The Kier molecular flexibility index (Phi) is 9.65. The molecule has 1 aliphatic heterocycles. The summed E-state index contributed by atoms with van der Waals surface area (Å²) in [5.74, 6) is -1.12. The molecule has 1 saturated heterocycles. The molecule has 0 spiro atoms. The van der Waals surface area contributed by atoms with Gasteiger partial charge in [0.25, 0.3) is 0 Å². The highest BCUT2D eigenvalue weighted by Crippen LogP contribution is 2.42. The topological polar surface area (TPSA) is 169 Å². The first-order valence-corrected chi connectivity index (χ1v) is 12.4. The molecule has 0 saturated carbocycles. The van der Waals surface area contributed by atoms with Crippen molar-refractivity contribution in [3.05, 3.63) is 48.0 Å². The first kappa shape index (κ1) is 28.6. The van der Waals surface area contributed by atoms with Crippen molar-refractivity contribution in [2.45, 2.75) is 62.1 Å². The minimum Gasteiger partial charge on any atom is -0.394 e. The lowest BCUT2D eigenvalue weighted by Crippen LogP contribution is -2.57. The summed E-state index contributed by atoms with van der Waals surface area (Å²) in [6.45, 7) is 3.58. The van der Waals surface area contributed by atoms with E-state index >= 15 is 0 Å². The number of thioether (sulfide) groups is 1. The summed E-state index contributed by atoms with van der Waals surface area (Å²) in [5, 5.41) is 45.8. The average Bonchev–Trinajstić information content (AvgIpc) is 2.84. The quantitative estimate of drug-likeness (QED) is 0.290. The molecule has 11 nitrogen and oxygen atoms in total. The second-order valence-corrected chi connectivity index (χ2v) is 9.77. The van der Waals surface area contributed by atoms with Crippen molar-refractivity contribution in [2.24, 2.45) is 0 Å². The van der Waals surface area contributed by atoms with Gasteiger partial charge >= 0.3 is 0 Å². The number of nitrogens with one attached hydrogen (secondary N) is 2. The Labute approximate surface area is 218 Å². The van der Waals surface area contributed by atoms with E-state index in [0.717, 1.165) is 17.3 Å². The molecule has 6 N–H and O–H groups in total. The first-order valence-electron chi connectivity index (χ1n) is 11.5. The fraction of sp³-hybridized carbons (Fsp3) is 0.400. The molecule has 200 valence electrons. The summed E-state index contributed by atoms with van der Waals surface area (Å²) in [5.41, 5.74) is 0.543. The van der Waals surface area contributed by atoms with Crippen LogP contribution in [0.15, 0.2) is 47.4 Å². The van der Waals surface area contributed by atoms with E-state index < -0.39 is 48.3 Å². The van der Waals surface area contributed by atoms with Crippen molar-refractivity contribution in [1.82, 2.24) is 0 Å². The molecule has 12 heteroatoms. The number of carbonyl (C=O) groups is 3. The zero-order valence-electron chi connectivity index (χ0n) is 20.6. The molecule has 5 atom stereocenters. The van der Waals surface area contributed by atoms with E-state index in [-0.39, 0.29) is 23.8 Å². The van der Waals surface area contributed by atoms with Gasteiger partial charge in [-0.05, 0) is 17.7 Å². The predicted octanol–water partition coefficient (Wildman–Crippen LogP) is 1.05. The molecule has 2 aromatic carbocycles. The number of anilines is 3. The molecule has 0 radical (unpaired) electrons. The van der Waals surface area contributed by atoms with Crippen LogP contribution in [0.1, 0.15) is 26.3 Å². The molecule has 3 rings (SSSR count). The monoisotopic (exact) mass is 533 g/mol. The van der Waals surface area contributed by atoms with Crippen LogP contribution in [0, 0.1) is 0 Å². The molecule has 3 amide bonds. The molecular formula is C25H31N3O8S. The Morgan fingerprint density at radius 1 is 0.919 bits per heavy atom. The summed E-state index contributed by atoms with van der Waals surface area (Å²) in [4.78, 5) is 38.5. The van der Waals surface area contributed by atoms with Gasteiger partial charge in [-0.2, -0.15) is 0 Å². The Hall–Kier alpha value is -3.00. The normalized spacial score (nSPS) is 23.3. The maximum atomic E-state index is 12.7. The number of aliphatic hydroxyl groups is 4. The van der Waals surface area contributed by atoms with Crippen LogP contribution in [0.25, 0.3) is 0 Å². The lowest BCUT2D eigenvalue weighted by molar-refractivity contribution is -0.205. The van der Waals surface area contributed by atoms with Gasteiger partial charge in [0.15, 0.2) is 0 Å². The number of aliphatic hydroxyl groups excluding tert-OH is 4. The van der Waals surface area contributed by atoms with Gasteiger partial charge in [-0.25, -0.2) is 0 Å². The molecule has 0 aliphatic carbocycles. The molecule has 1 fully saturated rings. The van der Waals surface area contributed by atoms with Gasteiger partial charge in [0.05, 0.1) is 30.2 Å². The third kappa shape index (κ3) is 7.06. The minimum absolute atomic E-state index is 0.187. The summed E-state index contributed by atoms with van der Waals surface area (Å²) >= 11 is 0.923. The zero-order chi connectivity index (χ0) is 27.3. The van der Waals surface area contributed by atoms with Crippen molar-refractivity contribution in [3.8, 4) is 0 Å². The fourth-order valence-corrected chi connectivity index (χ4v) is 5.05. The van der Waals surface area contributed by atoms with Gasteiger partial charge < -0.3 is 40.7 Å². The number of amides is 3. The molecule has 0 aromatic heterocycles. The Morgan fingerprint density at radius 2 is 1.54 bits per heavy atom. The first-order chi connectivity index (χ1) is 17.5. The van der Waals surface area contributed by atoms with Crippen LogP contribution in [0.4, 0.5) is 17.1 Å². The van der Waals surface area contributed by atoms with Crippen molar-refractivity contribution in [3.63, 3.8) is 0 Å². The number of rotatable bonds is 8. The van der Waals surface area contributed by atoms with Crippen LogP contribution in [0.3, 0.4) is 0 Å². The lowest BCUT2D eigenvalue weighted by Gasteiger charge is -2.39. The third-order valence-corrected chi connectivity index (χ3v) is 6.88. The number of benzene rings is 2. The molecule has 0 bridgehead atoms. The molecular weight excluding hydrogens is 502 g/mol. The fourth-order valence-electron chi connectivity index (χ4n) is 3.89. The minimum atomic E-state index is -1.59. The summed E-state index contributed by atoms with van der Waals surface area (Å²) < 4.78 is 5.62. The lowest BCUT2D eigenvalue weighted by atomic mass is 10.0. The zero-order valence-corrected chi connectivity index (χ0v) is 21.4.